The standard InChI is InChI=1S/C12H14BrFO2/c1-8(2-3-13)9-6-11-12(7-10(9)14)16-5-4-15-11/h6-8H,2-5H2,1H3. The van der Waals surface area contributed by atoms with Gasteiger partial charge in [-0.25, -0.2) is 4.39 Å². The van der Waals surface area contributed by atoms with Crippen molar-refractivity contribution >= 4 is 15.9 Å². The molecule has 16 heavy (non-hydrogen) atoms. The van der Waals surface area contributed by atoms with Crippen LogP contribution in [0, 0.1) is 5.82 Å². The summed E-state index contributed by atoms with van der Waals surface area (Å²) in [6.45, 7) is 3.03. The van der Waals surface area contributed by atoms with Crippen molar-refractivity contribution in [2.75, 3.05) is 18.5 Å². The molecule has 1 atom stereocenters. The summed E-state index contributed by atoms with van der Waals surface area (Å²) in [5.41, 5.74) is 0.698. The molecule has 0 radical (unpaired) electrons. The molecule has 88 valence electrons. The Kier molecular flexibility index (Phi) is 3.69. The Bertz CT molecular complexity index is 382. The van der Waals surface area contributed by atoms with Gasteiger partial charge in [0.1, 0.15) is 19.0 Å². The molecule has 0 fully saturated rings. The SMILES string of the molecule is CC(CCBr)c1cc2c(cc1F)OCCO2. The molecular formula is C12H14BrFO2. The molecule has 0 bridgehead atoms. The van der Waals surface area contributed by atoms with Gasteiger partial charge < -0.3 is 9.47 Å². The molecule has 0 N–H and O–H groups in total. The first-order valence-electron chi connectivity index (χ1n) is 5.37. The fourth-order valence-corrected chi connectivity index (χ4v) is 2.46. The number of halogens is 2. The van der Waals surface area contributed by atoms with Gasteiger partial charge in [-0.15, -0.1) is 0 Å². The Balaban J connectivity index is 2.31. The Hall–Kier alpha value is -0.770. The summed E-state index contributed by atoms with van der Waals surface area (Å²) >= 11 is 3.37. The minimum Gasteiger partial charge on any atom is -0.486 e. The van der Waals surface area contributed by atoms with Gasteiger partial charge in [0.15, 0.2) is 11.5 Å². The fourth-order valence-electron chi connectivity index (χ4n) is 1.78. The van der Waals surface area contributed by atoms with E-state index in [2.05, 4.69) is 15.9 Å². The highest BCUT2D eigenvalue weighted by molar-refractivity contribution is 9.09. The van der Waals surface area contributed by atoms with Crippen molar-refractivity contribution in [3.8, 4) is 11.5 Å². The smallest absolute Gasteiger partial charge is 0.164 e. The van der Waals surface area contributed by atoms with E-state index >= 15 is 0 Å². The monoisotopic (exact) mass is 288 g/mol. The minimum absolute atomic E-state index is 0.176. The van der Waals surface area contributed by atoms with Crippen LogP contribution < -0.4 is 9.47 Å². The van der Waals surface area contributed by atoms with E-state index in [1.165, 1.54) is 6.07 Å². The molecule has 0 amide bonds. The molecule has 0 saturated carbocycles. The second kappa shape index (κ2) is 5.04. The predicted octanol–water partition coefficient (Wildman–Crippen LogP) is 3.49. The van der Waals surface area contributed by atoms with Crippen molar-refractivity contribution in [3.05, 3.63) is 23.5 Å². The summed E-state index contributed by atoms with van der Waals surface area (Å²) in [5, 5.41) is 0.863. The van der Waals surface area contributed by atoms with Crippen molar-refractivity contribution in [1.82, 2.24) is 0 Å². The molecule has 0 aromatic heterocycles. The van der Waals surface area contributed by atoms with Gasteiger partial charge in [-0.3, -0.25) is 0 Å². The molecule has 1 aliphatic heterocycles. The Morgan fingerprint density at radius 2 is 1.94 bits per heavy atom. The van der Waals surface area contributed by atoms with Crippen LogP contribution in [0.25, 0.3) is 0 Å². The van der Waals surface area contributed by atoms with Crippen molar-refractivity contribution in [2.45, 2.75) is 19.3 Å². The van der Waals surface area contributed by atoms with E-state index in [9.17, 15) is 4.39 Å². The van der Waals surface area contributed by atoms with Gasteiger partial charge in [-0.1, -0.05) is 22.9 Å². The third kappa shape index (κ3) is 2.32. The second-order valence-corrected chi connectivity index (χ2v) is 4.69. The van der Waals surface area contributed by atoms with Crippen molar-refractivity contribution in [1.29, 1.82) is 0 Å². The third-order valence-corrected chi connectivity index (χ3v) is 3.19. The van der Waals surface area contributed by atoms with E-state index in [1.807, 2.05) is 6.92 Å². The Morgan fingerprint density at radius 3 is 2.56 bits per heavy atom. The van der Waals surface area contributed by atoms with E-state index in [0.717, 1.165) is 11.8 Å². The molecule has 0 spiro atoms. The van der Waals surface area contributed by atoms with Gasteiger partial charge >= 0.3 is 0 Å². The summed E-state index contributed by atoms with van der Waals surface area (Å²) in [6, 6.07) is 3.19. The highest BCUT2D eigenvalue weighted by Gasteiger charge is 2.18. The fraction of sp³-hybridized carbons (Fsp3) is 0.500. The number of rotatable bonds is 3. The lowest BCUT2D eigenvalue weighted by Crippen LogP contribution is -2.16. The highest BCUT2D eigenvalue weighted by atomic mass is 79.9. The zero-order valence-electron chi connectivity index (χ0n) is 9.13. The lowest BCUT2D eigenvalue weighted by Gasteiger charge is -2.21. The molecule has 0 saturated heterocycles. The van der Waals surface area contributed by atoms with Crippen LogP contribution in [0.5, 0.6) is 11.5 Å². The average Bonchev–Trinajstić information content (AvgIpc) is 2.28. The molecule has 2 rings (SSSR count). The average molecular weight is 289 g/mol. The van der Waals surface area contributed by atoms with Crippen LogP contribution >= 0.6 is 15.9 Å². The zero-order valence-corrected chi connectivity index (χ0v) is 10.7. The van der Waals surface area contributed by atoms with Crippen LogP contribution in [0.2, 0.25) is 0 Å². The summed E-state index contributed by atoms with van der Waals surface area (Å²) in [6.07, 6.45) is 0.899. The number of hydrogen-bond donors (Lipinski definition) is 0. The van der Waals surface area contributed by atoms with Crippen LogP contribution in [0.1, 0.15) is 24.8 Å². The number of ether oxygens (including phenoxy) is 2. The van der Waals surface area contributed by atoms with Crippen LogP contribution in [0.15, 0.2) is 12.1 Å². The lowest BCUT2D eigenvalue weighted by atomic mass is 9.97. The quantitative estimate of drug-likeness (QED) is 0.793. The van der Waals surface area contributed by atoms with Crippen molar-refractivity contribution in [3.63, 3.8) is 0 Å². The predicted molar refractivity (Wildman–Crippen MR) is 64.2 cm³/mol. The summed E-state index contributed by atoms with van der Waals surface area (Å²) in [7, 11) is 0. The van der Waals surface area contributed by atoms with Gasteiger partial charge in [0.2, 0.25) is 0 Å². The molecule has 0 aliphatic carbocycles. The maximum Gasteiger partial charge on any atom is 0.164 e. The van der Waals surface area contributed by atoms with E-state index in [4.69, 9.17) is 9.47 Å². The van der Waals surface area contributed by atoms with Gasteiger partial charge in [0.25, 0.3) is 0 Å². The molecule has 2 nitrogen and oxygen atoms in total. The molecule has 1 aliphatic rings. The lowest BCUT2D eigenvalue weighted by molar-refractivity contribution is 0.170. The van der Waals surface area contributed by atoms with Crippen LogP contribution in [0.4, 0.5) is 4.39 Å². The zero-order chi connectivity index (χ0) is 11.5. The van der Waals surface area contributed by atoms with Gasteiger partial charge in [0.05, 0.1) is 0 Å². The molecule has 1 aromatic rings. The molecule has 1 unspecified atom stereocenters. The number of fused-ring (bicyclic) bond motifs is 1. The number of hydrogen-bond acceptors (Lipinski definition) is 2. The third-order valence-electron chi connectivity index (χ3n) is 2.73. The van der Waals surface area contributed by atoms with Crippen LogP contribution in [-0.4, -0.2) is 18.5 Å². The summed E-state index contributed by atoms with van der Waals surface area (Å²) in [5.74, 6) is 1.13. The molecule has 4 heteroatoms. The van der Waals surface area contributed by atoms with Crippen molar-refractivity contribution < 1.29 is 13.9 Å². The topological polar surface area (TPSA) is 18.5 Å². The second-order valence-electron chi connectivity index (χ2n) is 3.90. The summed E-state index contributed by atoms with van der Waals surface area (Å²) in [4.78, 5) is 0. The maximum atomic E-state index is 13.8. The summed E-state index contributed by atoms with van der Waals surface area (Å²) < 4.78 is 24.6. The van der Waals surface area contributed by atoms with Crippen LogP contribution in [0.3, 0.4) is 0 Å². The first-order chi connectivity index (χ1) is 7.72. The largest absolute Gasteiger partial charge is 0.486 e. The highest BCUT2D eigenvalue weighted by Crippen LogP contribution is 2.36. The normalized spacial score (nSPS) is 15.9. The molecular weight excluding hydrogens is 275 g/mol. The maximum absolute atomic E-state index is 13.8. The first-order valence-corrected chi connectivity index (χ1v) is 6.49. The molecule has 1 aromatic carbocycles. The van der Waals surface area contributed by atoms with Gasteiger partial charge in [0, 0.05) is 11.4 Å². The molecule has 1 heterocycles. The minimum atomic E-state index is -0.210. The number of benzene rings is 1. The van der Waals surface area contributed by atoms with Gasteiger partial charge in [-0.2, -0.15) is 0 Å². The number of alkyl halides is 1. The van der Waals surface area contributed by atoms with E-state index in [1.54, 1.807) is 6.07 Å². The Labute approximate surface area is 103 Å². The van der Waals surface area contributed by atoms with E-state index in [0.29, 0.717) is 30.3 Å². The van der Waals surface area contributed by atoms with E-state index in [-0.39, 0.29) is 11.7 Å². The van der Waals surface area contributed by atoms with E-state index < -0.39 is 0 Å². The Morgan fingerprint density at radius 1 is 1.31 bits per heavy atom. The van der Waals surface area contributed by atoms with Crippen LogP contribution in [-0.2, 0) is 0 Å². The first kappa shape index (κ1) is 11.7. The van der Waals surface area contributed by atoms with Gasteiger partial charge in [-0.05, 0) is 24.0 Å². The van der Waals surface area contributed by atoms with Crippen molar-refractivity contribution in [2.24, 2.45) is 0 Å².